The zero-order valence-corrected chi connectivity index (χ0v) is 8.10. The molecule has 1 heterocycles. The third kappa shape index (κ3) is 0.844. The van der Waals surface area contributed by atoms with E-state index in [4.69, 9.17) is 0 Å². The predicted octanol–water partition coefficient (Wildman–Crippen LogP) is 0.441. The highest BCUT2D eigenvalue weighted by molar-refractivity contribution is 6.46. The van der Waals surface area contributed by atoms with Crippen molar-refractivity contribution in [1.29, 1.82) is 0 Å². The van der Waals surface area contributed by atoms with Crippen LogP contribution in [-0.4, -0.2) is 29.2 Å². The molecule has 3 aliphatic rings. The minimum atomic E-state index is -0.481. The standard InChI is InChI=1S/C10H12BNO2/c1-11(14)12-6-7-5-10(7)3-2-8(13)4-9(10)12/h2-4,7,14H,5-6H2,1H3/t7-,10?/m1/s1. The molecule has 72 valence electrons. The van der Waals surface area contributed by atoms with Crippen LogP contribution in [0.4, 0.5) is 0 Å². The van der Waals surface area contributed by atoms with Crippen molar-refractivity contribution in [2.24, 2.45) is 11.3 Å². The van der Waals surface area contributed by atoms with E-state index >= 15 is 0 Å². The number of hydrogen-bond acceptors (Lipinski definition) is 3. The van der Waals surface area contributed by atoms with Gasteiger partial charge in [0.1, 0.15) is 0 Å². The van der Waals surface area contributed by atoms with Crippen LogP contribution in [0, 0.1) is 11.3 Å². The molecule has 3 rings (SSSR count). The summed E-state index contributed by atoms with van der Waals surface area (Å²) in [6.45, 7) is 2.64. The Morgan fingerprint density at radius 2 is 2.50 bits per heavy atom. The Morgan fingerprint density at radius 1 is 1.71 bits per heavy atom. The molecule has 1 spiro atoms. The molecule has 2 fully saturated rings. The molecule has 0 aromatic carbocycles. The van der Waals surface area contributed by atoms with E-state index in [1.807, 2.05) is 10.9 Å². The van der Waals surface area contributed by atoms with Crippen molar-refractivity contribution < 1.29 is 9.82 Å². The molecule has 0 amide bonds. The second-order valence-electron chi connectivity index (χ2n) is 4.49. The molecule has 2 atom stereocenters. The molecule has 4 heteroatoms. The van der Waals surface area contributed by atoms with E-state index < -0.39 is 7.05 Å². The van der Waals surface area contributed by atoms with E-state index in [1.165, 1.54) is 0 Å². The van der Waals surface area contributed by atoms with Crippen molar-refractivity contribution in [3.63, 3.8) is 0 Å². The second-order valence-corrected chi connectivity index (χ2v) is 4.49. The summed E-state index contributed by atoms with van der Waals surface area (Å²) < 4.78 is 0. The molecule has 1 saturated carbocycles. The number of rotatable bonds is 1. The van der Waals surface area contributed by atoms with Gasteiger partial charge in [-0.2, -0.15) is 0 Å². The summed E-state index contributed by atoms with van der Waals surface area (Å²) in [7, 11) is -0.481. The van der Waals surface area contributed by atoms with Gasteiger partial charge in [-0.15, -0.1) is 0 Å². The van der Waals surface area contributed by atoms with Crippen LogP contribution in [0.5, 0.6) is 0 Å². The molecule has 1 aliphatic heterocycles. The predicted molar refractivity (Wildman–Crippen MR) is 53.3 cm³/mol. The van der Waals surface area contributed by atoms with Gasteiger partial charge in [-0.3, -0.25) is 4.79 Å². The van der Waals surface area contributed by atoms with Crippen molar-refractivity contribution in [3.8, 4) is 0 Å². The quantitative estimate of drug-likeness (QED) is 0.608. The van der Waals surface area contributed by atoms with Crippen molar-refractivity contribution in [2.45, 2.75) is 13.2 Å². The van der Waals surface area contributed by atoms with Gasteiger partial charge in [0.15, 0.2) is 5.78 Å². The first-order chi connectivity index (χ1) is 6.63. The number of carbonyl (C=O) groups is 1. The third-order valence-electron chi connectivity index (χ3n) is 3.63. The molecular formula is C10H12BNO2. The van der Waals surface area contributed by atoms with E-state index in [0.717, 1.165) is 18.7 Å². The highest BCUT2D eigenvalue weighted by atomic mass is 16.2. The summed E-state index contributed by atoms with van der Waals surface area (Å²) in [5.74, 6) is 0.663. The number of piperidine rings is 1. The van der Waals surface area contributed by atoms with Gasteiger partial charge in [-0.1, -0.05) is 6.08 Å². The number of nitrogens with zero attached hydrogens (tertiary/aromatic N) is 1. The molecule has 0 radical (unpaired) electrons. The van der Waals surface area contributed by atoms with Crippen molar-refractivity contribution >= 4 is 12.8 Å². The first-order valence-electron chi connectivity index (χ1n) is 5.03. The lowest BCUT2D eigenvalue weighted by atomic mass is 9.82. The Morgan fingerprint density at radius 3 is 3.21 bits per heavy atom. The zero-order chi connectivity index (χ0) is 9.92. The lowest BCUT2D eigenvalue weighted by molar-refractivity contribution is -0.110. The average molecular weight is 189 g/mol. The van der Waals surface area contributed by atoms with E-state index in [1.54, 1.807) is 19.0 Å². The SMILES string of the molecule is CB(O)N1C[C@H]2CC23C=CC(=O)C=C13. The van der Waals surface area contributed by atoms with Crippen molar-refractivity contribution in [1.82, 2.24) is 4.81 Å². The van der Waals surface area contributed by atoms with Gasteiger partial charge in [0, 0.05) is 23.7 Å². The summed E-state index contributed by atoms with van der Waals surface area (Å²) >= 11 is 0. The first kappa shape index (κ1) is 8.30. The molecule has 1 saturated heterocycles. The Kier molecular flexibility index (Phi) is 1.37. The van der Waals surface area contributed by atoms with Crippen LogP contribution in [0.3, 0.4) is 0 Å². The number of hydrogen-bond donors (Lipinski definition) is 1. The molecule has 0 bridgehead atoms. The van der Waals surface area contributed by atoms with Crippen molar-refractivity contribution in [2.75, 3.05) is 6.54 Å². The molecule has 0 aromatic rings. The van der Waals surface area contributed by atoms with Gasteiger partial charge in [-0.25, -0.2) is 0 Å². The van der Waals surface area contributed by atoms with Gasteiger partial charge < -0.3 is 9.83 Å². The van der Waals surface area contributed by atoms with E-state index in [9.17, 15) is 9.82 Å². The van der Waals surface area contributed by atoms with E-state index in [2.05, 4.69) is 0 Å². The fourth-order valence-corrected chi connectivity index (χ4v) is 2.77. The summed E-state index contributed by atoms with van der Waals surface area (Å²) in [6, 6.07) is 0. The Hall–Kier alpha value is -1.03. The minimum absolute atomic E-state index is 0.0452. The Labute approximate surface area is 83.2 Å². The van der Waals surface area contributed by atoms with Gasteiger partial charge in [0.25, 0.3) is 0 Å². The van der Waals surface area contributed by atoms with Crippen LogP contribution in [0.2, 0.25) is 6.82 Å². The normalized spacial score (nSPS) is 37.9. The van der Waals surface area contributed by atoms with Crippen LogP contribution in [0.1, 0.15) is 6.42 Å². The van der Waals surface area contributed by atoms with Gasteiger partial charge in [0.2, 0.25) is 0 Å². The third-order valence-corrected chi connectivity index (χ3v) is 3.63. The van der Waals surface area contributed by atoms with Gasteiger partial charge >= 0.3 is 7.05 Å². The molecule has 2 aliphatic carbocycles. The number of ketones is 1. The van der Waals surface area contributed by atoms with E-state index in [0.29, 0.717) is 5.92 Å². The fraction of sp³-hybridized carbons (Fsp3) is 0.500. The highest BCUT2D eigenvalue weighted by Crippen LogP contribution is 2.65. The maximum Gasteiger partial charge on any atom is 0.409 e. The van der Waals surface area contributed by atoms with Gasteiger partial charge in [0.05, 0.1) is 0 Å². The maximum atomic E-state index is 11.3. The molecular weight excluding hydrogens is 177 g/mol. The minimum Gasteiger partial charge on any atom is -0.432 e. The monoisotopic (exact) mass is 189 g/mol. The van der Waals surface area contributed by atoms with Crippen LogP contribution in [-0.2, 0) is 4.79 Å². The fourth-order valence-electron chi connectivity index (χ4n) is 2.77. The van der Waals surface area contributed by atoms with Crippen LogP contribution in [0.25, 0.3) is 0 Å². The molecule has 3 nitrogen and oxygen atoms in total. The van der Waals surface area contributed by atoms with Crippen LogP contribution >= 0.6 is 0 Å². The Bertz CT molecular complexity index is 374. The number of carbonyl (C=O) groups excluding carboxylic acids is 1. The van der Waals surface area contributed by atoms with Crippen LogP contribution in [0.15, 0.2) is 23.9 Å². The average Bonchev–Trinajstić information content (AvgIpc) is 2.73. The summed E-state index contributed by atoms with van der Waals surface area (Å²) in [4.78, 5) is 13.2. The largest absolute Gasteiger partial charge is 0.432 e. The molecule has 1 unspecified atom stereocenters. The molecule has 0 aromatic heterocycles. The first-order valence-corrected chi connectivity index (χ1v) is 5.03. The smallest absolute Gasteiger partial charge is 0.409 e. The van der Waals surface area contributed by atoms with E-state index in [-0.39, 0.29) is 11.2 Å². The van der Waals surface area contributed by atoms with Crippen molar-refractivity contribution in [3.05, 3.63) is 23.9 Å². The Balaban J connectivity index is 2.02. The molecule has 14 heavy (non-hydrogen) atoms. The zero-order valence-electron chi connectivity index (χ0n) is 8.10. The number of allylic oxidation sites excluding steroid dienone is 3. The second kappa shape index (κ2) is 2.31. The van der Waals surface area contributed by atoms with Gasteiger partial charge in [-0.05, 0) is 25.2 Å². The molecule has 1 N–H and O–H groups in total. The van der Waals surface area contributed by atoms with Crippen LogP contribution < -0.4 is 0 Å². The summed E-state index contributed by atoms with van der Waals surface area (Å²) in [5.41, 5.74) is 1.15. The lowest BCUT2D eigenvalue weighted by Gasteiger charge is -2.27. The summed E-state index contributed by atoms with van der Waals surface area (Å²) in [5, 5.41) is 9.56. The lowest BCUT2D eigenvalue weighted by Crippen LogP contribution is -2.36. The topological polar surface area (TPSA) is 40.5 Å². The maximum absolute atomic E-state index is 11.3. The summed E-state index contributed by atoms with van der Waals surface area (Å²) in [6.07, 6.45) is 6.51. The highest BCUT2D eigenvalue weighted by Gasteiger charge is 2.63.